The number of rotatable bonds is 3. The Hall–Kier alpha value is -1.60. The van der Waals surface area contributed by atoms with Gasteiger partial charge >= 0.3 is 5.97 Å². The van der Waals surface area contributed by atoms with Crippen LogP contribution in [0.2, 0.25) is 5.15 Å². The quantitative estimate of drug-likeness (QED) is 0.540. The number of carbonyl (C=O) groups excluding carboxylic acids is 1. The maximum atomic E-state index is 11.7. The number of nitrogens with two attached hydrogens (primary N) is 2. The van der Waals surface area contributed by atoms with Crippen LogP contribution in [0, 0.1) is 0 Å². The van der Waals surface area contributed by atoms with Gasteiger partial charge in [0.2, 0.25) is 5.95 Å². The van der Waals surface area contributed by atoms with E-state index in [4.69, 9.17) is 27.8 Å². The highest BCUT2D eigenvalue weighted by molar-refractivity contribution is 6.30. The molecule has 0 saturated carbocycles. The number of esters is 1. The number of nitrogens with zero attached hydrogens (tertiary/aromatic N) is 1. The number of hydrogen-bond acceptors (Lipinski definition) is 6. The molecule has 1 unspecified atom stereocenters. The number of carbonyl (C=O) groups is 1. The lowest BCUT2D eigenvalue weighted by Gasteiger charge is -2.22. The van der Waals surface area contributed by atoms with Gasteiger partial charge in [-0.2, -0.15) is 0 Å². The summed E-state index contributed by atoms with van der Waals surface area (Å²) in [4.78, 5) is 29.3. The van der Waals surface area contributed by atoms with Crippen LogP contribution < -0.4 is 17.0 Å². The number of aromatic nitrogens is 2. The lowest BCUT2D eigenvalue weighted by Crippen LogP contribution is -2.40. The first-order chi connectivity index (χ1) is 8.60. The lowest BCUT2D eigenvalue weighted by atomic mass is 10.1. The van der Waals surface area contributed by atoms with E-state index in [0.29, 0.717) is 0 Å². The summed E-state index contributed by atoms with van der Waals surface area (Å²) >= 11 is 5.80. The molecule has 0 aliphatic carbocycles. The molecule has 106 valence electrons. The summed E-state index contributed by atoms with van der Waals surface area (Å²) in [7, 11) is 0. The molecule has 0 aromatic carbocycles. The number of nitrogen functional groups attached to an aromatic ring is 1. The second-order valence-electron chi connectivity index (χ2n) is 5.06. The van der Waals surface area contributed by atoms with Crippen LogP contribution in [0.25, 0.3) is 0 Å². The molecular weight excluding hydrogens is 272 g/mol. The van der Waals surface area contributed by atoms with E-state index in [0.717, 1.165) is 0 Å². The highest BCUT2D eigenvalue weighted by Crippen LogP contribution is 2.13. The van der Waals surface area contributed by atoms with Gasteiger partial charge in [0.1, 0.15) is 16.8 Å². The third-order valence-corrected chi connectivity index (χ3v) is 2.43. The van der Waals surface area contributed by atoms with Crippen molar-refractivity contribution in [3.63, 3.8) is 0 Å². The maximum absolute atomic E-state index is 11.7. The Morgan fingerprint density at radius 3 is 2.58 bits per heavy atom. The fraction of sp³-hybridized carbons (Fsp3) is 0.545. The molecule has 0 saturated heterocycles. The summed E-state index contributed by atoms with van der Waals surface area (Å²) in [6.07, 6.45) is -0.0731. The predicted octanol–water partition coefficient (Wildman–Crippen LogP) is 0.217. The number of hydrogen-bond donors (Lipinski definition) is 3. The monoisotopic (exact) mass is 288 g/mol. The van der Waals surface area contributed by atoms with Crippen molar-refractivity contribution in [2.45, 2.75) is 38.8 Å². The summed E-state index contributed by atoms with van der Waals surface area (Å²) in [5.41, 5.74) is 9.96. The molecule has 7 nitrogen and oxygen atoms in total. The van der Waals surface area contributed by atoms with Gasteiger partial charge in [0.25, 0.3) is 5.56 Å². The molecule has 1 heterocycles. The van der Waals surface area contributed by atoms with Crippen LogP contribution in [0.4, 0.5) is 5.95 Å². The van der Waals surface area contributed by atoms with E-state index >= 15 is 0 Å². The number of halogens is 1. The Labute approximate surface area is 115 Å². The van der Waals surface area contributed by atoms with Crippen LogP contribution in [-0.2, 0) is 16.0 Å². The zero-order valence-electron chi connectivity index (χ0n) is 11.0. The largest absolute Gasteiger partial charge is 0.459 e. The summed E-state index contributed by atoms with van der Waals surface area (Å²) in [5, 5.41) is -0.0692. The van der Waals surface area contributed by atoms with Gasteiger partial charge in [0, 0.05) is 6.42 Å². The fourth-order valence-corrected chi connectivity index (χ4v) is 1.60. The molecular formula is C11H17ClN4O3. The maximum Gasteiger partial charge on any atom is 0.323 e. The van der Waals surface area contributed by atoms with Gasteiger partial charge in [-0.05, 0) is 20.8 Å². The van der Waals surface area contributed by atoms with Crippen molar-refractivity contribution in [1.29, 1.82) is 0 Å². The molecule has 1 atom stereocenters. The van der Waals surface area contributed by atoms with Gasteiger partial charge in [0.05, 0.1) is 5.56 Å². The van der Waals surface area contributed by atoms with Crippen LogP contribution in [0.15, 0.2) is 4.79 Å². The second-order valence-corrected chi connectivity index (χ2v) is 5.42. The van der Waals surface area contributed by atoms with Crippen molar-refractivity contribution in [2.24, 2.45) is 5.73 Å². The Kier molecular flexibility index (Phi) is 4.54. The van der Waals surface area contributed by atoms with Gasteiger partial charge in [-0.15, -0.1) is 0 Å². The van der Waals surface area contributed by atoms with Crippen LogP contribution in [0.1, 0.15) is 26.3 Å². The molecule has 0 aliphatic rings. The zero-order chi connectivity index (χ0) is 14.8. The third-order valence-electron chi connectivity index (χ3n) is 2.12. The van der Waals surface area contributed by atoms with Crippen molar-refractivity contribution in [3.05, 3.63) is 21.1 Å². The molecule has 0 fully saturated rings. The van der Waals surface area contributed by atoms with E-state index in [-0.39, 0.29) is 23.1 Å². The molecule has 8 heteroatoms. The first kappa shape index (κ1) is 15.5. The number of nitrogens with one attached hydrogen (secondary N) is 1. The van der Waals surface area contributed by atoms with Crippen LogP contribution in [0.3, 0.4) is 0 Å². The summed E-state index contributed by atoms with van der Waals surface area (Å²) in [6, 6.07) is -0.997. The molecule has 1 aromatic heterocycles. The molecule has 0 radical (unpaired) electrons. The minimum absolute atomic E-state index is 0.0692. The Morgan fingerprint density at radius 1 is 1.53 bits per heavy atom. The van der Waals surface area contributed by atoms with E-state index in [1.807, 2.05) is 0 Å². The average molecular weight is 289 g/mol. The Balaban J connectivity index is 2.86. The molecule has 19 heavy (non-hydrogen) atoms. The van der Waals surface area contributed by atoms with Crippen LogP contribution in [-0.4, -0.2) is 27.6 Å². The molecule has 0 amide bonds. The number of anilines is 1. The summed E-state index contributed by atoms with van der Waals surface area (Å²) < 4.78 is 5.11. The van der Waals surface area contributed by atoms with Gasteiger partial charge in [0.15, 0.2) is 0 Å². The van der Waals surface area contributed by atoms with Crippen molar-refractivity contribution in [1.82, 2.24) is 9.97 Å². The van der Waals surface area contributed by atoms with Crippen molar-refractivity contribution in [2.75, 3.05) is 5.73 Å². The van der Waals surface area contributed by atoms with E-state index < -0.39 is 23.2 Å². The van der Waals surface area contributed by atoms with E-state index in [9.17, 15) is 9.59 Å². The molecule has 5 N–H and O–H groups in total. The average Bonchev–Trinajstić information content (AvgIpc) is 2.20. The van der Waals surface area contributed by atoms with Gasteiger partial charge in [-0.1, -0.05) is 11.6 Å². The highest BCUT2D eigenvalue weighted by atomic mass is 35.5. The number of aromatic amines is 1. The molecule has 1 rings (SSSR count). The van der Waals surface area contributed by atoms with Crippen molar-refractivity contribution in [3.8, 4) is 0 Å². The third kappa shape index (κ3) is 4.53. The first-order valence-corrected chi connectivity index (χ1v) is 6.00. The molecule has 1 aromatic rings. The topological polar surface area (TPSA) is 124 Å². The fourth-order valence-electron chi connectivity index (χ4n) is 1.34. The first-order valence-electron chi connectivity index (χ1n) is 5.63. The van der Waals surface area contributed by atoms with Crippen LogP contribution >= 0.6 is 11.6 Å². The smallest absolute Gasteiger partial charge is 0.323 e. The van der Waals surface area contributed by atoms with Crippen molar-refractivity contribution < 1.29 is 9.53 Å². The van der Waals surface area contributed by atoms with Gasteiger partial charge in [-0.25, -0.2) is 4.98 Å². The van der Waals surface area contributed by atoms with E-state index in [1.54, 1.807) is 20.8 Å². The molecule has 0 bridgehead atoms. The zero-order valence-corrected chi connectivity index (χ0v) is 11.7. The second kappa shape index (κ2) is 5.58. The predicted molar refractivity (Wildman–Crippen MR) is 71.8 cm³/mol. The van der Waals surface area contributed by atoms with Crippen molar-refractivity contribution >= 4 is 23.5 Å². The van der Waals surface area contributed by atoms with Gasteiger partial charge in [-0.3, -0.25) is 14.6 Å². The van der Waals surface area contributed by atoms with Crippen LogP contribution in [0.5, 0.6) is 0 Å². The standard InChI is InChI=1S/C11H17ClN4O3/c1-11(2,3)19-9(18)6(13)4-5-7(12)15-10(14)16-8(5)17/h6H,4,13H2,1-3H3,(H3,14,15,16,17). The van der Waals surface area contributed by atoms with Gasteiger partial charge < -0.3 is 16.2 Å². The SMILES string of the molecule is CC(C)(C)OC(=O)C(N)Cc1c(Cl)nc(N)[nH]c1=O. The normalized spacial score (nSPS) is 13.1. The minimum Gasteiger partial charge on any atom is -0.459 e. The van der Waals surface area contributed by atoms with E-state index in [2.05, 4.69) is 9.97 Å². The number of H-pyrrole nitrogens is 1. The molecule has 0 spiro atoms. The summed E-state index contributed by atoms with van der Waals surface area (Å²) in [6.45, 7) is 5.17. The van der Waals surface area contributed by atoms with E-state index in [1.165, 1.54) is 0 Å². The minimum atomic E-state index is -0.997. The highest BCUT2D eigenvalue weighted by Gasteiger charge is 2.24. The Bertz CT molecular complexity index is 536. The number of ether oxygens (including phenoxy) is 1. The summed E-state index contributed by atoms with van der Waals surface area (Å²) in [5.74, 6) is -0.704. The molecule has 0 aliphatic heterocycles. The Morgan fingerprint density at radius 2 is 2.11 bits per heavy atom. The lowest BCUT2D eigenvalue weighted by molar-refractivity contribution is -0.156.